The quantitative estimate of drug-likeness (QED) is 0.373. The molecule has 32 heavy (non-hydrogen) atoms. The lowest BCUT2D eigenvalue weighted by atomic mass is 10.1. The number of para-hydroxylation sites is 1. The molecular weight excluding hydrogens is 451 g/mol. The molecule has 8 heteroatoms. The normalized spacial score (nSPS) is 14.6. The van der Waals surface area contributed by atoms with Crippen molar-refractivity contribution in [2.45, 2.75) is 6.61 Å². The number of nitrogens with one attached hydrogen (secondary N) is 1. The van der Waals surface area contributed by atoms with Crippen molar-refractivity contribution in [3.05, 3.63) is 93.6 Å². The SMILES string of the molecule is COc1cc(/C=C2/NC(=O)N(c3ccccc3)C2=O)cc(Cl)c1OCc1ccc(Cl)cc1. The highest BCUT2D eigenvalue weighted by Crippen LogP contribution is 2.38. The smallest absolute Gasteiger partial charge is 0.333 e. The molecule has 3 amide bonds. The summed E-state index contributed by atoms with van der Waals surface area (Å²) in [5, 5.41) is 3.54. The zero-order chi connectivity index (χ0) is 22.7. The number of rotatable bonds is 6. The molecule has 0 saturated carbocycles. The second-order valence-electron chi connectivity index (χ2n) is 6.91. The summed E-state index contributed by atoms with van der Waals surface area (Å²) in [7, 11) is 1.50. The summed E-state index contributed by atoms with van der Waals surface area (Å²) in [5.74, 6) is 0.313. The minimum Gasteiger partial charge on any atom is -0.493 e. The molecule has 1 aliphatic rings. The third-order valence-electron chi connectivity index (χ3n) is 4.75. The van der Waals surface area contributed by atoms with Crippen molar-refractivity contribution < 1.29 is 19.1 Å². The van der Waals surface area contributed by atoms with Crippen LogP contribution in [-0.2, 0) is 11.4 Å². The van der Waals surface area contributed by atoms with Gasteiger partial charge in [-0.1, -0.05) is 53.5 Å². The fourth-order valence-electron chi connectivity index (χ4n) is 3.21. The Morgan fingerprint density at radius 3 is 2.41 bits per heavy atom. The lowest BCUT2D eigenvalue weighted by Gasteiger charge is -2.14. The number of methoxy groups -OCH3 is 1. The Labute approximate surface area is 195 Å². The van der Waals surface area contributed by atoms with Crippen LogP contribution in [0, 0.1) is 0 Å². The van der Waals surface area contributed by atoms with Crippen molar-refractivity contribution in [1.29, 1.82) is 0 Å². The van der Waals surface area contributed by atoms with E-state index in [1.165, 1.54) is 7.11 Å². The summed E-state index contributed by atoms with van der Waals surface area (Å²) >= 11 is 12.4. The van der Waals surface area contributed by atoms with Crippen LogP contribution in [-0.4, -0.2) is 19.0 Å². The first-order valence-corrected chi connectivity index (χ1v) is 10.4. The lowest BCUT2D eigenvalue weighted by Crippen LogP contribution is -2.30. The van der Waals surface area contributed by atoms with Crippen LogP contribution in [0.15, 0.2) is 72.4 Å². The van der Waals surface area contributed by atoms with Gasteiger partial charge in [0.25, 0.3) is 5.91 Å². The van der Waals surface area contributed by atoms with Gasteiger partial charge in [-0.3, -0.25) is 4.79 Å². The number of hydrogen-bond acceptors (Lipinski definition) is 4. The van der Waals surface area contributed by atoms with Crippen LogP contribution in [0.3, 0.4) is 0 Å². The van der Waals surface area contributed by atoms with Crippen LogP contribution in [0.5, 0.6) is 11.5 Å². The predicted octanol–water partition coefficient (Wildman–Crippen LogP) is 5.68. The number of carbonyl (C=O) groups excluding carboxylic acids is 2. The van der Waals surface area contributed by atoms with Gasteiger partial charge in [-0.05, 0) is 53.6 Å². The van der Waals surface area contributed by atoms with Gasteiger partial charge in [-0.25, -0.2) is 9.69 Å². The average molecular weight is 469 g/mol. The van der Waals surface area contributed by atoms with Crippen LogP contribution in [0.4, 0.5) is 10.5 Å². The Morgan fingerprint density at radius 1 is 1.00 bits per heavy atom. The molecule has 0 radical (unpaired) electrons. The number of urea groups is 1. The van der Waals surface area contributed by atoms with E-state index in [4.69, 9.17) is 32.7 Å². The molecule has 0 spiro atoms. The third kappa shape index (κ3) is 4.56. The third-order valence-corrected chi connectivity index (χ3v) is 5.28. The van der Waals surface area contributed by atoms with E-state index in [9.17, 15) is 9.59 Å². The largest absolute Gasteiger partial charge is 0.493 e. The molecule has 3 aromatic rings. The van der Waals surface area contributed by atoms with E-state index >= 15 is 0 Å². The fraction of sp³-hybridized carbons (Fsp3) is 0.0833. The number of hydrogen-bond donors (Lipinski definition) is 1. The molecule has 0 aromatic heterocycles. The Morgan fingerprint density at radius 2 is 1.72 bits per heavy atom. The number of amides is 3. The Hall–Kier alpha value is -3.48. The Balaban J connectivity index is 1.57. The Kier molecular flexibility index (Phi) is 6.35. The van der Waals surface area contributed by atoms with E-state index in [1.807, 2.05) is 18.2 Å². The molecule has 1 saturated heterocycles. The minimum absolute atomic E-state index is 0.131. The molecule has 3 aromatic carbocycles. The highest BCUT2D eigenvalue weighted by molar-refractivity contribution is 6.32. The van der Waals surface area contributed by atoms with E-state index < -0.39 is 11.9 Å². The molecule has 162 valence electrons. The van der Waals surface area contributed by atoms with Gasteiger partial charge in [0.15, 0.2) is 11.5 Å². The molecule has 0 atom stereocenters. The summed E-state index contributed by atoms with van der Waals surface area (Å²) in [6, 6.07) is 18.8. The number of benzene rings is 3. The first-order chi connectivity index (χ1) is 15.5. The summed E-state index contributed by atoms with van der Waals surface area (Å²) in [6.07, 6.45) is 1.54. The van der Waals surface area contributed by atoms with E-state index in [-0.39, 0.29) is 12.3 Å². The first-order valence-electron chi connectivity index (χ1n) is 9.63. The van der Waals surface area contributed by atoms with Crippen LogP contribution in [0.2, 0.25) is 10.0 Å². The van der Waals surface area contributed by atoms with Crippen molar-refractivity contribution >= 4 is 46.9 Å². The average Bonchev–Trinajstić information content (AvgIpc) is 3.07. The summed E-state index contributed by atoms with van der Waals surface area (Å²) < 4.78 is 11.3. The number of anilines is 1. The Bertz CT molecular complexity index is 1190. The zero-order valence-corrected chi connectivity index (χ0v) is 18.5. The molecular formula is C24H18Cl2N2O4. The van der Waals surface area contributed by atoms with Gasteiger partial charge in [0.05, 0.1) is 17.8 Å². The molecule has 1 aliphatic heterocycles. The van der Waals surface area contributed by atoms with Gasteiger partial charge in [-0.15, -0.1) is 0 Å². The van der Waals surface area contributed by atoms with Crippen LogP contribution in [0.1, 0.15) is 11.1 Å². The fourth-order valence-corrected chi connectivity index (χ4v) is 3.61. The standard InChI is InChI=1S/C24H18Cl2N2O4/c1-31-21-13-16(11-19(26)22(21)32-14-15-7-9-17(25)10-8-15)12-20-23(29)28(24(30)27-20)18-5-3-2-4-6-18/h2-13H,14H2,1H3,(H,27,30)/b20-12+. The maximum Gasteiger partial charge on any atom is 0.333 e. The number of ether oxygens (including phenoxy) is 2. The molecule has 1 N–H and O–H groups in total. The molecule has 1 heterocycles. The predicted molar refractivity (Wildman–Crippen MR) is 124 cm³/mol. The molecule has 4 rings (SSSR count). The van der Waals surface area contributed by atoms with Gasteiger partial charge in [0.2, 0.25) is 0 Å². The van der Waals surface area contributed by atoms with Crippen molar-refractivity contribution in [1.82, 2.24) is 5.32 Å². The number of imide groups is 1. The summed E-state index contributed by atoms with van der Waals surface area (Å²) in [6.45, 7) is 0.272. The van der Waals surface area contributed by atoms with E-state index in [0.717, 1.165) is 10.5 Å². The molecule has 0 bridgehead atoms. The van der Waals surface area contributed by atoms with Crippen molar-refractivity contribution in [2.75, 3.05) is 12.0 Å². The zero-order valence-electron chi connectivity index (χ0n) is 17.0. The highest BCUT2D eigenvalue weighted by Gasteiger charge is 2.34. The first kappa shape index (κ1) is 21.7. The van der Waals surface area contributed by atoms with Crippen molar-refractivity contribution in [3.8, 4) is 11.5 Å². The number of halogens is 2. The molecule has 0 aliphatic carbocycles. The van der Waals surface area contributed by atoms with Crippen molar-refractivity contribution in [3.63, 3.8) is 0 Å². The molecule has 6 nitrogen and oxygen atoms in total. The summed E-state index contributed by atoms with van der Waals surface area (Å²) in [4.78, 5) is 26.2. The lowest BCUT2D eigenvalue weighted by molar-refractivity contribution is -0.113. The monoisotopic (exact) mass is 468 g/mol. The van der Waals surface area contributed by atoms with Gasteiger partial charge in [0.1, 0.15) is 12.3 Å². The van der Waals surface area contributed by atoms with E-state index in [0.29, 0.717) is 32.8 Å². The molecule has 1 fully saturated rings. The van der Waals surface area contributed by atoms with Crippen LogP contribution >= 0.6 is 23.2 Å². The van der Waals surface area contributed by atoms with E-state index in [2.05, 4.69) is 5.32 Å². The second kappa shape index (κ2) is 9.34. The van der Waals surface area contributed by atoms with Crippen molar-refractivity contribution in [2.24, 2.45) is 0 Å². The number of carbonyl (C=O) groups is 2. The van der Waals surface area contributed by atoms with Gasteiger partial charge >= 0.3 is 6.03 Å². The maximum atomic E-state index is 12.8. The maximum absolute atomic E-state index is 12.8. The summed E-state index contributed by atoms with van der Waals surface area (Å²) in [5.41, 5.74) is 2.11. The van der Waals surface area contributed by atoms with Crippen LogP contribution in [0.25, 0.3) is 6.08 Å². The molecule has 0 unspecified atom stereocenters. The van der Waals surface area contributed by atoms with E-state index in [1.54, 1.807) is 54.6 Å². The second-order valence-corrected chi connectivity index (χ2v) is 7.76. The van der Waals surface area contributed by atoms with Gasteiger partial charge in [0, 0.05) is 5.02 Å². The topological polar surface area (TPSA) is 67.9 Å². The van der Waals surface area contributed by atoms with Crippen LogP contribution < -0.4 is 19.7 Å². The van der Waals surface area contributed by atoms with Gasteiger partial charge < -0.3 is 14.8 Å². The number of nitrogens with zero attached hydrogens (tertiary/aromatic N) is 1. The minimum atomic E-state index is -0.520. The van der Waals surface area contributed by atoms with Gasteiger partial charge in [-0.2, -0.15) is 0 Å². The highest BCUT2D eigenvalue weighted by atomic mass is 35.5.